The highest BCUT2D eigenvalue weighted by atomic mass is 32.2. The topological polar surface area (TPSA) is 55.4 Å². The van der Waals surface area contributed by atoms with Crippen molar-refractivity contribution < 1.29 is 13.2 Å². The molecular weight excluding hydrogens is 258 g/mol. The number of ether oxygens (including phenoxy) is 1. The van der Waals surface area contributed by atoms with Gasteiger partial charge in [-0.2, -0.15) is 11.8 Å². The summed E-state index contributed by atoms with van der Waals surface area (Å²) in [6, 6.07) is 0. The largest absolute Gasteiger partial charge is 0.377 e. The van der Waals surface area contributed by atoms with Crippen molar-refractivity contribution in [2.45, 2.75) is 32.3 Å². The zero-order valence-electron chi connectivity index (χ0n) is 10.9. The summed E-state index contributed by atoms with van der Waals surface area (Å²) in [4.78, 5) is 0. The predicted octanol–water partition coefficient (Wildman–Crippen LogP) is 1.47. The quantitative estimate of drug-likeness (QED) is 0.801. The molecule has 0 unspecified atom stereocenters. The summed E-state index contributed by atoms with van der Waals surface area (Å²) in [5.74, 6) is 2.41. The van der Waals surface area contributed by atoms with Crippen molar-refractivity contribution in [3.8, 4) is 0 Å². The van der Waals surface area contributed by atoms with Gasteiger partial charge in [0.2, 0.25) is 10.0 Å². The van der Waals surface area contributed by atoms with Crippen LogP contribution in [0.5, 0.6) is 0 Å². The second kappa shape index (κ2) is 6.41. The minimum atomic E-state index is -3.17. The Bertz CT molecular complexity index is 322. The van der Waals surface area contributed by atoms with Crippen LogP contribution in [0.4, 0.5) is 0 Å². The monoisotopic (exact) mass is 281 g/mol. The van der Waals surface area contributed by atoms with Gasteiger partial charge in [0, 0.05) is 13.7 Å². The summed E-state index contributed by atoms with van der Waals surface area (Å²) in [5, 5.41) is 0. The molecule has 17 heavy (non-hydrogen) atoms. The van der Waals surface area contributed by atoms with Gasteiger partial charge >= 0.3 is 0 Å². The van der Waals surface area contributed by atoms with Crippen LogP contribution in [0.2, 0.25) is 0 Å². The highest BCUT2D eigenvalue weighted by Gasteiger charge is 2.33. The van der Waals surface area contributed by atoms with Crippen molar-refractivity contribution in [3.05, 3.63) is 0 Å². The van der Waals surface area contributed by atoms with Crippen molar-refractivity contribution in [1.82, 2.24) is 4.72 Å². The van der Waals surface area contributed by atoms with E-state index in [1.165, 1.54) is 0 Å². The van der Waals surface area contributed by atoms with Gasteiger partial charge in [0.1, 0.15) is 0 Å². The Morgan fingerprint density at radius 1 is 1.35 bits per heavy atom. The zero-order valence-corrected chi connectivity index (χ0v) is 12.5. The summed E-state index contributed by atoms with van der Waals surface area (Å²) in [6.45, 7) is 4.21. The normalized spacial score (nSPS) is 20.7. The van der Waals surface area contributed by atoms with Gasteiger partial charge in [0.15, 0.2) is 0 Å². The zero-order chi connectivity index (χ0) is 12.9. The molecule has 1 N–H and O–H groups in total. The first-order chi connectivity index (χ1) is 7.89. The van der Waals surface area contributed by atoms with Crippen molar-refractivity contribution >= 4 is 21.8 Å². The smallest absolute Gasteiger partial charge is 0.211 e. The van der Waals surface area contributed by atoms with Gasteiger partial charge in [-0.15, -0.1) is 0 Å². The van der Waals surface area contributed by atoms with E-state index in [4.69, 9.17) is 4.74 Å². The van der Waals surface area contributed by atoms with Crippen LogP contribution in [0.1, 0.15) is 26.7 Å². The second-order valence-corrected chi connectivity index (χ2v) is 8.07. The van der Waals surface area contributed by atoms with Crippen LogP contribution in [0.15, 0.2) is 0 Å². The van der Waals surface area contributed by atoms with Crippen molar-refractivity contribution in [1.29, 1.82) is 0 Å². The first-order valence-electron chi connectivity index (χ1n) is 5.99. The molecule has 1 heterocycles. The molecule has 4 nitrogen and oxygen atoms in total. The number of rotatable bonds is 6. The molecule has 1 aliphatic rings. The number of methoxy groups -OCH3 is 1. The van der Waals surface area contributed by atoms with Crippen LogP contribution in [0.25, 0.3) is 0 Å². The molecule has 0 bridgehead atoms. The molecule has 0 aromatic heterocycles. The molecule has 1 aliphatic heterocycles. The maximum atomic E-state index is 11.8. The van der Waals surface area contributed by atoms with Crippen LogP contribution in [-0.2, 0) is 14.8 Å². The number of thioether (sulfide) groups is 1. The molecule has 1 rings (SSSR count). The van der Waals surface area contributed by atoms with Crippen LogP contribution in [-0.4, -0.2) is 44.9 Å². The number of hydrogen-bond acceptors (Lipinski definition) is 4. The molecule has 0 atom stereocenters. The third kappa shape index (κ3) is 5.16. The van der Waals surface area contributed by atoms with E-state index >= 15 is 0 Å². The highest BCUT2D eigenvalue weighted by Crippen LogP contribution is 2.29. The van der Waals surface area contributed by atoms with Gasteiger partial charge in [-0.25, -0.2) is 13.1 Å². The van der Waals surface area contributed by atoms with E-state index < -0.39 is 10.0 Å². The Labute approximate surface area is 109 Å². The lowest BCUT2D eigenvalue weighted by Crippen LogP contribution is -2.47. The van der Waals surface area contributed by atoms with Crippen LogP contribution >= 0.6 is 11.8 Å². The van der Waals surface area contributed by atoms with Crippen molar-refractivity contribution in [3.63, 3.8) is 0 Å². The fraction of sp³-hybridized carbons (Fsp3) is 1.00. The SMILES string of the molecule is COC1(CNS(=O)(=O)CC(C)C)CCSCC1. The lowest BCUT2D eigenvalue weighted by molar-refractivity contribution is -0.0119. The van der Waals surface area contributed by atoms with E-state index in [1.54, 1.807) is 7.11 Å². The third-order valence-electron chi connectivity index (χ3n) is 3.00. The average Bonchev–Trinajstić information content (AvgIpc) is 2.26. The Morgan fingerprint density at radius 2 is 1.94 bits per heavy atom. The van der Waals surface area contributed by atoms with Crippen LogP contribution in [0.3, 0.4) is 0 Å². The molecule has 1 fully saturated rings. The molecule has 0 amide bonds. The Balaban J connectivity index is 2.52. The van der Waals surface area contributed by atoms with Gasteiger partial charge in [-0.3, -0.25) is 0 Å². The Hall–Kier alpha value is 0.220. The lowest BCUT2D eigenvalue weighted by Gasteiger charge is -2.35. The second-order valence-electron chi connectivity index (χ2n) is 5.00. The minimum Gasteiger partial charge on any atom is -0.377 e. The summed E-state index contributed by atoms with van der Waals surface area (Å²) in [5.41, 5.74) is -0.296. The fourth-order valence-electron chi connectivity index (χ4n) is 1.94. The van der Waals surface area contributed by atoms with E-state index in [0.29, 0.717) is 6.54 Å². The third-order valence-corrected chi connectivity index (χ3v) is 5.68. The Kier molecular flexibility index (Phi) is 5.76. The number of hydrogen-bond donors (Lipinski definition) is 1. The molecule has 0 radical (unpaired) electrons. The van der Waals surface area contributed by atoms with Crippen molar-refractivity contribution in [2.75, 3.05) is 30.9 Å². The molecular formula is C11H23NO3S2. The summed E-state index contributed by atoms with van der Waals surface area (Å²) >= 11 is 1.90. The maximum Gasteiger partial charge on any atom is 0.211 e. The van der Waals surface area contributed by atoms with Gasteiger partial charge in [0.05, 0.1) is 11.4 Å². The molecule has 0 aromatic rings. The van der Waals surface area contributed by atoms with E-state index in [9.17, 15) is 8.42 Å². The van der Waals surface area contributed by atoms with Crippen molar-refractivity contribution in [2.24, 2.45) is 5.92 Å². The summed E-state index contributed by atoms with van der Waals surface area (Å²) in [6.07, 6.45) is 1.83. The molecule has 0 aliphatic carbocycles. The first-order valence-corrected chi connectivity index (χ1v) is 8.80. The molecule has 6 heteroatoms. The fourth-order valence-corrected chi connectivity index (χ4v) is 4.65. The van der Waals surface area contributed by atoms with Gasteiger partial charge in [0.25, 0.3) is 0 Å². The minimum absolute atomic E-state index is 0.146. The lowest BCUT2D eigenvalue weighted by atomic mass is 9.97. The van der Waals surface area contributed by atoms with E-state index in [2.05, 4.69) is 4.72 Å². The van der Waals surface area contributed by atoms with Crippen LogP contribution < -0.4 is 4.72 Å². The summed E-state index contributed by atoms with van der Waals surface area (Å²) < 4.78 is 31.8. The standard InChI is InChI=1S/C11H23NO3S2/c1-10(2)8-17(13,14)12-9-11(15-3)4-6-16-7-5-11/h10,12H,4-9H2,1-3H3. The molecule has 0 spiro atoms. The van der Waals surface area contributed by atoms with Crippen LogP contribution in [0, 0.1) is 5.92 Å². The Morgan fingerprint density at radius 3 is 2.41 bits per heavy atom. The highest BCUT2D eigenvalue weighted by molar-refractivity contribution is 7.99. The summed E-state index contributed by atoms with van der Waals surface area (Å²) in [7, 11) is -1.49. The van der Waals surface area contributed by atoms with Gasteiger partial charge in [-0.05, 0) is 30.3 Å². The van der Waals surface area contributed by atoms with E-state index in [1.807, 2.05) is 25.6 Å². The van der Waals surface area contributed by atoms with Gasteiger partial charge < -0.3 is 4.74 Å². The number of sulfonamides is 1. The van der Waals surface area contributed by atoms with E-state index in [0.717, 1.165) is 24.3 Å². The predicted molar refractivity (Wildman–Crippen MR) is 72.9 cm³/mol. The maximum absolute atomic E-state index is 11.8. The average molecular weight is 281 g/mol. The number of nitrogens with one attached hydrogen (secondary N) is 1. The molecule has 1 saturated heterocycles. The van der Waals surface area contributed by atoms with Gasteiger partial charge in [-0.1, -0.05) is 13.8 Å². The molecule has 0 saturated carbocycles. The first kappa shape index (κ1) is 15.3. The molecule has 0 aromatic carbocycles. The molecule has 102 valence electrons. The van der Waals surface area contributed by atoms with E-state index in [-0.39, 0.29) is 17.3 Å².